The summed E-state index contributed by atoms with van der Waals surface area (Å²) in [5.74, 6) is -0.108. The number of hydrogen-bond acceptors (Lipinski definition) is 6. The lowest BCUT2D eigenvalue weighted by Gasteiger charge is -2.31. The Morgan fingerprint density at radius 2 is 1.81 bits per heavy atom. The lowest BCUT2D eigenvalue weighted by atomic mass is 9.97. The van der Waals surface area contributed by atoms with Crippen LogP contribution in [-0.4, -0.2) is 59.0 Å². The second-order valence-corrected chi connectivity index (χ2v) is 10.5. The van der Waals surface area contributed by atoms with Gasteiger partial charge in [0.1, 0.15) is 5.75 Å². The van der Waals surface area contributed by atoms with E-state index in [2.05, 4.69) is 5.32 Å². The van der Waals surface area contributed by atoms with E-state index in [0.717, 1.165) is 5.41 Å². The first-order chi connectivity index (χ1) is 12.7. The molecule has 0 spiro atoms. The van der Waals surface area contributed by atoms with E-state index in [9.17, 15) is 21.6 Å². The number of nitrogens with one attached hydrogen (secondary N) is 1. The average molecular weight is 415 g/mol. The maximum Gasteiger partial charge on any atom is 0.243 e. The molecule has 1 saturated heterocycles. The molecule has 27 heavy (non-hydrogen) atoms. The van der Waals surface area contributed by atoms with Crippen LogP contribution in [0.5, 0.6) is 5.75 Å². The molecule has 1 amide bonds. The van der Waals surface area contributed by atoms with Crippen LogP contribution in [-0.2, 0) is 24.7 Å². The highest BCUT2D eigenvalue weighted by Crippen LogP contribution is 2.25. The van der Waals surface area contributed by atoms with Gasteiger partial charge in [-0.05, 0) is 43.2 Å². The number of benzene rings is 1. The lowest BCUT2D eigenvalue weighted by molar-refractivity contribution is -0.126. The van der Waals surface area contributed by atoms with E-state index < -0.39 is 25.9 Å². The number of hydrogen-bond donors (Lipinski definition) is 1. The van der Waals surface area contributed by atoms with Crippen molar-refractivity contribution < 1.29 is 26.4 Å². The summed E-state index contributed by atoms with van der Waals surface area (Å²) in [5.41, 5.74) is 0. The molecule has 2 aliphatic rings. The molecule has 0 aliphatic carbocycles. The summed E-state index contributed by atoms with van der Waals surface area (Å²) in [6.07, 6.45) is 2.26. The number of methoxy groups -OCH3 is 1. The van der Waals surface area contributed by atoms with Gasteiger partial charge in [0.05, 0.1) is 23.8 Å². The van der Waals surface area contributed by atoms with E-state index in [4.69, 9.17) is 4.74 Å². The second kappa shape index (κ2) is 7.61. The van der Waals surface area contributed by atoms with Crippen LogP contribution in [0.15, 0.2) is 40.6 Å². The van der Waals surface area contributed by atoms with Gasteiger partial charge in [-0.15, -0.1) is 0 Å². The Bertz CT molecular complexity index is 930. The monoisotopic (exact) mass is 414 g/mol. The fourth-order valence-electron chi connectivity index (χ4n) is 3.22. The summed E-state index contributed by atoms with van der Waals surface area (Å²) in [7, 11) is -5.34. The number of piperidine rings is 1. The van der Waals surface area contributed by atoms with Crippen LogP contribution in [0.25, 0.3) is 0 Å². The van der Waals surface area contributed by atoms with Crippen molar-refractivity contribution in [2.75, 3.05) is 26.0 Å². The molecular formula is C17H22N2O6S2. The molecule has 1 N–H and O–H groups in total. The van der Waals surface area contributed by atoms with Gasteiger partial charge in [0.25, 0.3) is 0 Å². The smallest absolute Gasteiger partial charge is 0.243 e. The van der Waals surface area contributed by atoms with Gasteiger partial charge in [-0.25, -0.2) is 16.8 Å². The summed E-state index contributed by atoms with van der Waals surface area (Å²) in [4.78, 5) is 12.5. The van der Waals surface area contributed by atoms with E-state index >= 15 is 0 Å². The van der Waals surface area contributed by atoms with Crippen LogP contribution in [0, 0.1) is 5.92 Å². The fraction of sp³-hybridized carbons (Fsp3) is 0.471. The van der Waals surface area contributed by atoms with E-state index in [1.54, 1.807) is 12.1 Å². The zero-order valence-corrected chi connectivity index (χ0v) is 16.5. The van der Waals surface area contributed by atoms with Gasteiger partial charge in [0, 0.05) is 24.4 Å². The number of ether oxygens (including phenoxy) is 1. The lowest BCUT2D eigenvalue weighted by Crippen LogP contribution is -2.45. The highest BCUT2D eigenvalue weighted by atomic mass is 32.2. The minimum absolute atomic E-state index is 0.122. The van der Waals surface area contributed by atoms with Crippen LogP contribution in [0.3, 0.4) is 0 Å². The quantitative estimate of drug-likeness (QED) is 0.752. The Morgan fingerprint density at radius 1 is 1.19 bits per heavy atom. The molecular weight excluding hydrogens is 392 g/mol. The predicted octanol–water partition coefficient (Wildman–Crippen LogP) is 0.523. The van der Waals surface area contributed by atoms with E-state index in [-0.39, 0.29) is 35.6 Å². The van der Waals surface area contributed by atoms with Crippen LogP contribution in [0.1, 0.15) is 12.8 Å². The number of rotatable bonds is 5. The maximum atomic E-state index is 12.7. The molecule has 0 bridgehead atoms. The third-order valence-corrected chi connectivity index (χ3v) is 8.09. The largest absolute Gasteiger partial charge is 0.497 e. The zero-order valence-electron chi connectivity index (χ0n) is 14.9. The van der Waals surface area contributed by atoms with Crippen LogP contribution >= 0.6 is 0 Å². The second-order valence-electron chi connectivity index (χ2n) is 6.63. The molecule has 0 radical (unpaired) electrons. The van der Waals surface area contributed by atoms with Gasteiger partial charge >= 0.3 is 0 Å². The van der Waals surface area contributed by atoms with Crippen molar-refractivity contribution in [3.05, 3.63) is 35.7 Å². The first kappa shape index (κ1) is 19.8. The third kappa shape index (κ3) is 4.50. The number of amides is 1. The highest BCUT2D eigenvalue weighted by molar-refractivity contribution is 7.94. The normalized spacial score (nSPS) is 23.2. The van der Waals surface area contributed by atoms with E-state index in [0.29, 0.717) is 18.6 Å². The van der Waals surface area contributed by atoms with Crippen LogP contribution in [0.4, 0.5) is 0 Å². The molecule has 148 valence electrons. The summed E-state index contributed by atoms with van der Waals surface area (Å²) < 4.78 is 54.7. The van der Waals surface area contributed by atoms with Crippen molar-refractivity contribution in [3.8, 4) is 5.75 Å². The van der Waals surface area contributed by atoms with Crippen molar-refractivity contribution in [1.29, 1.82) is 0 Å². The Balaban J connectivity index is 1.57. The van der Waals surface area contributed by atoms with Gasteiger partial charge < -0.3 is 10.1 Å². The SMILES string of the molecule is COc1ccc(S(=O)(=O)N2CCC(C(=O)N[C@H]3C=CS(=O)(=O)C3)CC2)cc1. The van der Waals surface area contributed by atoms with Crippen LogP contribution < -0.4 is 10.1 Å². The van der Waals surface area contributed by atoms with Gasteiger partial charge in [0.15, 0.2) is 9.84 Å². The average Bonchev–Trinajstić information content (AvgIpc) is 3.00. The molecule has 10 heteroatoms. The number of nitrogens with zero attached hydrogens (tertiary/aromatic N) is 1. The molecule has 1 fully saturated rings. The predicted molar refractivity (Wildman–Crippen MR) is 99.3 cm³/mol. The van der Waals surface area contributed by atoms with Gasteiger partial charge in [-0.3, -0.25) is 4.79 Å². The van der Waals surface area contributed by atoms with E-state index in [1.165, 1.54) is 29.6 Å². The van der Waals surface area contributed by atoms with Crippen molar-refractivity contribution >= 4 is 25.8 Å². The summed E-state index contributed by atoms with van der Waals surface area (Å²) in [5, 5.41) is 3.83. The molecule has 2 heterocycles. The summed E-state index contributed by atoms with van der Waals surface area (Å²) in [6.45, 7) is 0.483. The first-order valence-electron chi connectivity index (χ1n) is 8.57. The highest BCUT2D eigenvalue weighted by Gasteiger charge is 2.33. The molecule has 0 unspecified atom stereocenters. The Hall–Kier alpha value is -1.91. The molecule has 1 aromatic carbocycles. The molecule has 8 nitrogen and oxygen atoms in total. The van der Waals surface area contributed by atoms with Crippen molar-refractivity contribution in [3.63, 3.8) is 0 Å². The summed E-state index contributed by atoms with van der Waals surface area (Å²) >= 11 is 0. The van der Waals surface area contributed by atoms with Gasteiger partial charge in [-0.2, -0.15) is 4.31 Å². The van der Waals surface area contributed by atoms with E-state index in [1.807, 2.05) is 0 Å². The Kier molecular flexibility index (Phi) is 5.59. The maximum absolute atomic E-state index is 12.7. The first-order valence-corrected chi connectivity index (χ1v) is 11.7. The van der Waals surface area contributed by atoms with Gasteiger partial charge in [0.2, 0.25) is 15.9 Å². The Morgan fingerprint density at radius 3 is 2.33 bits per heavy atom. The van der Waals surface area contributed by atoms with Gasteiger partial charge in [-0.1, -0.05) is 0 Å². The molecule has 1 aromatic rings. The zero-order chi connectivity index (χ0) is 19.7. The topological polar surface area (TPSA) is 110 Å². The number of carbonyl (C=O) groups is 1. The number of sulfonamides is 1. The fourth-order valence-corrected chi connectivity index (χ4v) is 5.93. The van der Waals surface area contributed by atoms with Crippen molar-refractivity contribution in [2.24, 2.45) is 5.92 Å². The molecule has 1 atom stereocenters. The Labute approximate surface area is 159 Å². The molecule has 0 aromatic heterocycles. The van der Waals surface area contributed by atoms with Crippen molar-refractivity contribution in [2.45, 2.75) is 23.8 Å². The molecule has 3 rings (SSSR count). The minimum Gasteiger partial charge on any atom is -0.497 e. The van der Waals surface area contributed by atoms with Crippen molar-refractivity contribution in [1.82, 2.24) is 9.62 Å². The summed E-state index contributed by atoms with van der Waals surface area (Å²) in [6, 6.07) is 5.68. The molecule has 0 saturated carbocycles. The standard InChI is InChI=1S/C17H22N2O6S2/c1-25-15-2-4-16(5-3-15)27(23,24)19-9-6-13(7-10-19)17(20)18-14-8-11-26(21,22)12-14/h2-5,8,11,13-14H,6-7,9-10,12H2,1H3,(H,18,20)/t14-/m0/s1. The molecule has 2 aliphatic heterocycles. The number of sulfone groups is 1. The van der Waals surface area contributed by atoms with Crippen LogP contribution in [0.2, 0.25) is 0 Å². The minimum atomic E-state index is -3.62. The number of carbonyl (C=O) groups excluding carboxylic acids is 1. The third-order valence-electron chi connectivity index (χ3n) is 4.78.